The molecule has 218 valence electrons. The third-order valence-corrected chi connectivity index (χ3v) is 6.20. The summed E-state index contributed by atoms with van der Waals surface area (Å²) in [5.74, 6) is -0.399. The number of aryl methyl sites for hydroxylation is 2. The van der Waals surface area contributed by atoms with Crippen LogP contribution in [0.1, 0.15) is 37.8 Å². The van der Waals surface area contributed by atoms with E-state index in [0.717, 1.165) is 21.5 Å². The van der Waals surface area contributed by atoms with Crippen molar-refractivity contribution in [2.24, 2.45) is 0 Å². The number of aromatic nitrogens is 2. The molecule has 0 saturated carbocycles. The number of nitrogens with zero attached hydrogens (tertiary/aromatic N) is 4. The minimum absolute atomic E-state index is 0.0164. The predicted molar refractivity (Wildman–Crippen MR) is 159 cm³/mol. The van der Waals surface area contributed by atoms with Crippen molar-refractivity contribution in [3.8, 4) is 5.69 Å². The van der Waals surface area contributed by atoms with E-state index >= 15 is 0 Å². The molecule has 3 amide bonds. The molecular weight excluding hydrogens is 557 g/mol. The van der Waals surface area contributed by atoms with Crippen LogP contribution in [0.15, 0.2) is 45.6 Å². The number of hydrogen-bond acceptors (Lipinski definition) is 6. The second-order valence-electron chi connectivity index (χ2n) is 10.2. The highest BCUT2D eigenvalue weighted by Crippen LogP contribution is 2.26. The summed E-state index contributed by atoms with van der Waals surface area (Å²) in [5.41, 5.74) is 3.59. The van der Waals surface area contributed by atoms with Crippen LogP contribution >= 0.6 is 23.2 Å². The summed E-state index contributed by atoms with van der Waals surface area (Å²) in [5, 5.41) is 7.14. The van der Waals surface area contributed by atoms with Crippen LogP contribution in [0.3, 0.4) is 0 Å². The maximum absolute atomic E-state index is 12.0. The number of alkyl halides is 1. The van der Waals surface area contributed by atoms with Crippen molar-refractivity contribution in [2.45, 2.75) is 40.0 Å². The van der Waals surface area contributed by atoms with Gasteiger partial charge in [-0.2, -0.15) is 4.68 Å². The monoisotopic (exact) mass is 593 g/mol. The molecule has 2 aromatic carbocycles. The first-order valence-electron chi connectivity index (χ1n) is 12.5. The lowest BCUT2D eigenvalue weighted by Crippen LogP contribution is -2.35. The van der Waals surface area contributed by atoms with Gasteiger partial charge in [0.25, 0.3) is 0 Å². The van der Waals surface area contributed by atoms with Crippen LogP contribution in [-0.4, -0.2) is 66.9 Å². The molecule has 3 rings (SSSR count). The summed E-state index contributed by atoms with van der Waals surface area (Å²) < 4.78 is 11.3. The van der Waals surface area contributed by atoms with Gasteiger partial charge in [0.05, 0.1) is 17.3 Å². The Morgan fingerprint density at radius 1 is 1.12 bits per heavy atom. The van der Waals surface area contributed by atoms with E-state index in [1.54, 1.807) is 44.3 Å². The Morgan fingerprint density at radius 2 is 1.75 bits per heavy atom. The minimum atomic E-state index is -0.609. The molecule has 0 radical (unpaired) electrons. The lowest BCUT2D eigenvalue weighted by Gasteiger charge is -2.25. The number of rotatable bonds is 7. The van der Waals surface area contributed by atoms with E-state index in [9.17, 15) is 14.4 Å². The van der Waals surface area contributed by atoms with Crippen LogP contribution in [0.4, 0.5) is 16.2 Å². The van der Waals surface area contributed by atoms with Crippen molar-refractivity contribution in [2.75, 3.05) is 50.5 Å². The standard InChI is InChI=1S/C15H19ClN4O3.C13H18ClNO2/c1-15(2,3)12-18-20(14(22)23-12)11-7-6-9(8-10(11)16)17-13(21)19(4)5;1-10-5-4-6-11(2)13(10)15(7-8-17-3)12(16)9-14/h6-8H,1-5H3,(H,17,21);4-6H,7-9H2,1-3H3. The van der Waals surface area contributed by atoms with E-state index in [1.165, 1.54) is 4.90 Å². The first kappa shape index (κ1) is 32.9. The highest BCUT2D eigenvalue weighted by molar-refractivity contribution is 6.32. The van der Waals surface area contributed by atoms with E-state index in [-0.39, 0.29) is 22.8 Å². The van der Waals surface area contributed by atoms with E-state index in [4.69, 9.17) is 32.4 Å². The fourth-order valence-electron chi connectivity index (χ4n) is 3.57. The van der Waals surface area contributed by atoms with Gasteiger partial charge in [0.15, 0.2) is 0 Å². The lowest BCUT2D eigenvalue weighted by molar-refractivity contribution is -0.116. The smallest absolute Gasteiger partial charge is 0.391 e. The summed E-state index contributed by atoms with van der Waals surface area (Å²) in [6.45, 7) is 10.7. The molecule has 0 saturated heterocycles. The Kier molecular flexibility index (Phi) is 11.8. The molecule has 0 spiro atoms. The number of halogens is 2. The minimum Gasteiger partial charge on any atom is -0.391 e. The van der Waals surface area contributed by atoms with Crippen LogP contribution < -0.4 is 16.0 Å². The Labute approximate surface area is 244 Å². The number of nitrogens with one attached hydrogen (secondary N) is 1. The Balaban J connectivity index is 0.000000294. The van der Waals surface area contributed by atoms with Gasteiger partial charge in [-0.3, -0.25) is 4.79 Å². The summed E-state index contributed by atoms with van der Waals surface area (Å²) >= 11 is 11.9. The largest absolute Gasteiger partial charge is 0.442 e. The molecular formula is C28H37Cl2N5O5. The van der Waals surface area contributed by atoms with Crippen LogP contribution in [0.2, 0.25) is 5.02 Å². The molecule has 0 aliphatic carbocycles. The summed E-state index contributed by atoms with van der Waals surface area (Å²) in [4.78, 5) is 38.6. The lowest BCUT2D eigenvalue weighted by atomic mass is 9.97. The zero-order chi connectivity index (χ0) is 30.2. The zero-order valence-electron chi connectivity index (χ0n) is 24.2. The second kappa shape index (κ2) is 14.3. The quantitative estimate of drug-likeness (QED) is 0.368. The van der Waals surface area contributed by atoms with Gasteiger partial charge in [0, 0.05) is 44.5 Å². The summed E-state index contributed by atoms with van der Waals surface area (Å²) in [7, 11) is 4.89. The third-order valence-electron chi connectivity index (χ3n) is 5.67. The van der Waals surface area contributed by atoms with Crippen LogP contribution in [0, 0.1) is 13.8 Å². The van der Waals surface area contributed by atoms with Gasteiger partial charge in [0.1, 0.15) is 5.88 Å². The summed E-state index contributed by atoms with van der Waals surface area (Å²) in [6, 6.07) is 10.5. The van der Waals surface area contributed by atoms with Crippen molar-refractivity contribution in [1.29, 1.82) is 0 Å². The normalized spacial score (nSPS) is 10.9. The van der Waals surface area contributed by atoms with E-state index in [2.05, 4.69) is 10.4 Å². The van der Waals surface area contributed by atoms with Gasteiger partial charge in [-0.15, -0.1) is 16.7 Å². The second-order valence-corrected chi connectivity index (χ2v) is 10.9. The van der Waals surface area contributed by atoms with Crippen molar-refractivity contribution in [1.82, 2.24) is 14.7 Å². The fraction of sp³-hybridized carbons (Fsp3) is 0.429. The van der Waals surface area contributed by atoms with Gasteiger partial charge in [-0.25, -0.2) is 9.59 Å². The SMILES string of the molecule is CN(C)C(=O)Nc1ccc(-n2nc(C(C)(C)C)oc2=O)c(Cl)c1.COCCN(C(=O)CCl)c1c(C)cccc1C. The Hall–Kier alpha value is -3.34. The zero-order valence-corrected chi connectivity index (χ0v) is 25.7. The van der Waals surface area contributed by atoms with E-state index < -0.39 is 11.2 Å². The fourth-order valence-corrected chi connectivity index (χ4v) is 3.98. The summed E-state index contributed by atoms with van der Waals surface area (Å²) in [6.07, 6.45) is 0. The average Bonchev–Trinajstić information content (AvgIpc) is 3.27. The first-order valence-corrected chi connectivity index (χ1v) is 13.4. The van der Waals surface area contributed by atoms with E-state index in [0.29, 0.717) is 30.4 Å². The number of para-hydroxylation sites is 1. The molecule has 1 heterocycles. The van der Waals surface area contributed by atoms with E-state index in [1.807, 2.05) is 52.8 Å². The Morgan fingerprint density at radius 3 is 2.23 bits per heavy atom. The molecule has 40 heavy (non-hydrogen) atoms. The molecule has 1 aromatic heterocycles. The van der Waals surface area contributed by atoms with Gasteiger partial charge >= 0.3 is 11.8 Å². The maximum atomic E-state index is 12.0. The number of amides is 3. The average molecular weight is 595 g/mol. The number of anilines is 2. The van der Waals surface area contributed by atoms with Gasteiger partial charge in [-0.05, 0) is 43.2 Å². The number of urea groups is 1. The molecule has 0 fully saturated rings. The number of carbonyl (C=O) groups excluding carboxylic acids is 2. The topological polar surface area (TPSA) is 110 Å². The van der Waals surface area contributed by atoms with Crippen LogP contribution in [-0.2, 0) is 14.9 Å². The maximum Gasteiger partial charge on any atom is 0.442 e. The van der Waals surface area contributed by atoms with Gasteiger partial charge in [0.2, 0.25) is 11.8 Å². The molecule has 0 unspecified atom stereocenters. The first-order chi connectivity index (χ1) is 18.7. The van der Waals surface area contributed by atoms with Crippen LogP contribution in [0.25, 0.3) is 5.69 Å². The molecule has 10 nitrogen and oxygen atoms in total. The van der Waals surface area contributed by atoms with Gasteiger partial charge < -0.3 is 24.3 Å². The number of benzene rings is 2. The highest BCUT2D eigenvalue weighted by atomic mass is 35.5. The third kappa shape index (κ3) is 8.58. The van der Waals surface area contributed by atoms with Gasteiger partial charge in [-0.1, -0.05) is 50.6 Å². The number of methoxy groups -OCH3 is 1. The molecule has 1 N–H and O–H groups in total. The van der Waals surface area contributed by atoms with Crippen molar-refractivity contribution >= 4 is 46.5 Å². The van der Waals surface area contributed by atoms with Crippen LogP contribution in [0.5, 0.6) is 0 Å². The highest BCUT2D eigenvalue weighted by Gasteiger charge is 2.24. The molecule has 0 aliphatic rings. The molecule has 0 bridgehead atoms. The molecule has 12 heteroatoms. The molecule has 0 atom stereocenters. The number of ether oxygens (including phenoxy) is 1. The van der Waals surface area contributed by atoms with Crippen molar-refractivity contribution in [3.63, 3.8) is 0 Å². The Bertz CT molecular complexity index is 1360. The number of hydrogen-bond donors (Lipinski definition) is 1. The van der Waals surface area contributed by atoms with Crippen molar-refractivity contribution < 1.29 is 18.7 Å². The van der Waals surface area contributed by atoms with Crippen molar-refractivity contribution in [3.05, 3.63) is 69.0 Å². The molecule has 3 aromatic rings. The molecule has 0 aliphatic heterocycles. The predicted octanol–water partition coefficient (Wildman–Crippen LogP) is 5.39. The number of carbonyl (C=O) groups is 2.